The molecular weight excluding hydrogens is 380 g/mol. The van der Waals surface area contributed by atoms with Gasteiger partial charge in [0.15, 0.2) is 0 Å². The standard InChI is InChI=1S/C13H9NO2.C9H7NO2.C2H6/c1-14-12(15)10-6-8-4-2-3-5-9(8)7-11(10)13(14)16;1-10-8(11)6-4-2-3-5-7(6)9(10)12;1-2/h2-7H,1H3;2-5H,1H3;1-2H3. The van der Waals surface area contributed by atoms with Crippen molar-refractivity contribution in [2.24, 2.45) is 0 Å². The van der Waals surface area contributed by atoms with Crippen molar-refractivity contribution in [3.63, 3.8) is 0 Å². The summed E-state index contributed by atoms with van der Waals surface area (Å²) in [5.41, 5.74) is 2.02. The molecule has 0 fully saturated rings. The molecule has 4 amide bonds. The third-order valence-corrected chi connectivity index (χ3v) is 4.95. The van der Waals surface area contributed by atoms with Gasteiger partial charge in [-0.05, 0) is 35.0 Å². The number of carbonyl (C=O) groups is 4. The lowest BCUT2D eigenvalue weighted by Crippen LogP contribution is -2.24. The van der Waals surface area contributed by atoms with Crippen molar-refractivity contribution in [2.45, 2.75) is 13.8 Å². The van der Waals surface area contributed by atoms with Crippen LogP contribution in [0.3, 0.4) is 0 Å². The van der Waals surface area contributed by atoms with Crippen LogP contribution >= 0.6 is 0 Å². The van der Waals surface area contributed by atoms with Crippen molar-refractivity contribution in [1.29, 1.82) is 0 Å². The predicted molar refractivity (Wildman–Crippen MR) is 115 cm³/mol. The molecule has 0 spiro atoms. The van der Waals surface area contributed by atoms with Gasteiger partial charge in [0.25, 0.3) is 23.6 Å². The number of carbonyl (C=O) groups excluding carboxylic acids is 4. The Morgan fingerprint density at radius 1 is 0.500 bits per heavy atom. The Kier molecular flexibility index (Phi) is 5.78. The van der Waals surface area contributed by atoms with E-state index in [1.807, 2.05) is 38.1 Å². The van der Waals surface area contributed by atoms with E-state index in [0.717, 1.165) is 20.6 Å². The maximum atomic E-state index is 11.8. The molecule has 3 aromatic carbocycles. The van der Waals surface area contributed by atoms with Crippen LogP contribution in [0.1, 0.15) is 55.3 Å². The molecule has 0 saturated carbocycles. The zero-order valence-electron chi connectivity index (χ0n) is 17.3. The molecule has 0 atom stereocenters. The van der Waals surface area contributed by atoms with Crippen LogP contribution in [0, 0.1) is 0 Å². The van der Waals surface area contributed by atoms with Crippen LogP contribution in [0.5, 0.6) is 0 Å². The van der Waals surface area contributed by atoms with Gasteiger partial charge in [-0.3, -0.25) is 29.0 Å². The number of nitrogens with zero attached hydrogens (tertiary/aromatic N) is 2. The first-order valence-corrected chi connectivity index (χ1v) is 9.66. The minimum Gasteiger partial charge on any atom is -0.277 e. The van der Waals surface area contributed by atoms with Gasteiger partial charge in [-0.2, -0.15) is 0 Å². The van der Waals surface area contributed by atoms with Gasteiger partial charge < -0.3 is 0 Å². The fraction of sp³-hybridized carbons (Fsp3) is 0.167. The number of rotatable bonds is 0. The second-order valence-electron chi connectivity index (χ2n) is 6.63. The highest BCUT2D eigenvalue weighted by Crippen LogP contribution is 2.26. The zero-order chi connectivity index (χ0) is 22.0. The van der Waals surface area contributed by atoms with Crippen LogP contribution in [-0.2, 0) is 0 Å². The smallest absolute Gasteiger partial charge is 0.261 e. The molecule has 3 aromatic rings. The number of hydrogen-bond donors (Lipinski definition) is 0. The van der Waals surface area contributed by atoms with Crippen LogP contribution in [0.4, 0.5) is 0 Å². The minimum atomic E-state index is -0.217. The lowest BCUT2D eigenvalue weighted by Gasteiger charge is -2.02. The Morgan fingerprint density at radius 3 is 1.17 bits per heavy atom. The van der Waals surface area contributed by atoms with E-state index in [1.54, 1.807) is 36.4 Å². The quantitative estimate of drug-likeness (QED) is 0.533. The summed E-state index contributed by atoms with van der Waals surface area (Å²) >= 11 is 0. The van der Waals surface area contributed by atoms with Crippen LogP contribution in [-0.4, -0.2) is 47.5 Å². The first-order chi connectivity index (χ1) is 14.4. The molecule has 5 rings (SSSR count). The summed E-state index contributed by atoms with van der Waals surface area (Å²) in [5, 5.41) is 1.97. The van der Waals surface area contributed by atoms with Crippen LogP contribution in [0.15, 0.2) is 60.7 Å². The summed E-state index contributed by atoms with van der Waals surface area (Å²) in [5.74, 6) is -0.859. The van der Waals surface area contributed by atoms with Crippen molar-refractivity contribution in [3.8, 4) is 0 Å². The molecule has 0 radical (unpaired) electrons. The molecule has 2 aliphatic heterocycles. The predicted octanol–water partition coefficient (Wildman–Crippen LogP) is 4.00. The summed E-state index contributed by atoms with van der Waals surface area (Å²) in [6.07, 6.45) is 0. The Hall–Kier alpha value is -3.80. The average molecular weight is 402 g/mol. The van der Waals surface area contributed by atoms with Gasteiger partial charge >= 0.3 is 0 Å². The van der Waals surface area contributed by atoms with E-state index in [4.69, 9.17) is 0 Å². The van der Waals surface area contributed by atoms with Crippen molar-refractivity contribution < 1.29 is 19.2 Å². The molecule has 6 nitrogen and oxygen atoms in total. The van der Waals surface area contributed by atoms with E-state index >= 15 is 0 Å². The van der Waals surface area contributed by atoms with E-state index in [2.05, 4.69) is 0 Å². The second-order valence-corrected chi connectivity index (χ2v) is 6.63. The monoisotopic (exact) mass is 402 g/mol. The maximum Gasteiger partial charge on any atom is 0.261 e. The van der Waals surface area contributed by atoms with E-state index in [0.29, 0.717) is 22.3 Å². The Balaban J connectivity index is 0.000000163. The normalized spacial score (nSPS) is 14.1. The molecule has 0 aromatic heterocycles. The van der Waals surface area contributed by atoms with Crippen molar-refractivity contribution >= 4 is 34.4 Å². The highest BCUT2D eigenvalue weighted by molar-refractivity contribution is 6.23. The first-order valence-electron chi connectivity index (χ1n) is 9.66. The minimum absolute atomic E-state index is 0.212. The van der Waals surface area contributed by atoms with Gasteiger partial charge in [0.1, 0.15) is 0 Å². The van der Waals surface area contributed by atoms with Gasteiger partial charge in [-0.25, -0.2) is 0 Å². The molecule has 0 unspecified atom stereocenters. The fourth-order valence-corrected chi connectivity index (χ4v) is 3.36. The first kappa shape index (κ1) is 20.9. The lowest BCUT2D eigenvalue weighted by atomic mass is 10.0. The third-order valence-electron chi connectivity index (χ3n) is 4.95. The SMILES string of the molecule is CC.CN1C(=O)c2cc3ccccc3cc2C1=O.CN1C(=O)c2ccccc2C1=O. The van der Waals surface area contributed by atoms with Gasteiger partial charge in [0.2, 0.25) is 0 Å². The Labute approximate surface area is 174 Å². The summed E-state index contributed by atoms with van der Waals surface area (Å²) < 4.78 is 0. The summed E-state index contributed by atoms with van der Waals surface area (Å²) in [7, 11) is 3.00. The Bertz CT molecular complexity index is 1090. The molecule has 0 bridgehead atoms. The number of hydrogen-bond acceptors (Lipinski definition) is 4. The molecule has 2 heterocycles. The van der Waals surface area contributed by atoms with Crippen molar-refractivity contribution in [1.82, 2.24) is 9.80 Å². The van der Waals surface area contributed by atoms with E-state index in [-0.39, 0.29) is 23.6 Å². The molecule has 6 heteroatoms. The highest BCUT2D eigenvalue weighted by Gasteiger charge is 2.33. The zero-order valence-corrected chi connectivity index (χ0v) is 17.3. The average Bonchev–Trinajstić information content (AvgIpc) is 3.14. The van der Waals surface area contributed by atoms with Gasteiger partial charge in [0, 0.05) is 14.1 Å². The number of fused-ring (bicyclic) bond motifs is 3. The van der Waals surface area contributed by atoms with Crippen molar-refractivity contribution in [3.05, 3.63) is 82.9 Å². The lowest BCUT2D eigenvalue weighted by molar-refractivity contribution is 0.0678. The summed E-state index contributed by atoms with van der Waals surface area (Å²) in [6.45, 7) is 4.00. The molecule has 0 aliphatic carbocycles. The summed E-state index contributed by atoms with van der Waals surface area (Å²) in [4.78, 5) is 48.4. The van der Waals surface area contributed by atoms with Crippen molar-refractivity contribution in [2.75, 3.05) is 14.1 Å². The number of benzene rings is 3. The van der Waals surface area contributed by atoms with Crippen LogP contribution < -0.4 is 0 Å². The summed E-state index contributed by atoms with van der Waals surface area (Å²) in [6, 6.07) is 18.1. The molecule has 0 N–H and O–H groups in total. The third kappa shape index (κ3) is 3.37. The molecule has 30 heavy (non-hydrogen) atoms. The number of amides is 4. The van der Waals surface area contributed by atoms with Gasteiger partial charge in [0.05, 0.1) is 22.3 Å². The fourth-order valence-electron chi connectivity index (χ4n) is 3.36. The van der Waals surface area contributed by atoms with Gasteiger partial charge in [-0.1, -0.05) is 50.2 Å². The topological polar surface area (TPSA) is 74.8 Å². The molecule has 2 aliphatic rings. The second kappa shape index (κ2) is 8.29. The van der Waals surface area contributed by atoms with Gasteiger partial charge in [-0.15, -0.1) is 0 Å². The van der Waals surface area contributed by atoms with E-state index < -0.39 is 0 Å². The molecule has 0 saturated heterocycles. The van der Waals surface area contributed by atoms with Crippen LogP contribution in [0.25, 0.3) is 10.8 Å². The largest absolute Gasteiger partial charge is 0.277 e. The molecule has 152 valence electrons. The van der Waals surface area contributed by atoms with E-state index in [1.165, 1.54) is 14.1 Å². The highest BCUT2D eigenvalue weighted by atomic mass is 16.2. The number of imide groups is 2. The van der Waals surface area contributed by atoms with E-state index in [9.17, 15) is 19.2 Å². The molecular formula is C24H22N2O4. The Morgan fingerprint density at radius 2 is 0.800 bits per heavy atom. The van der Waals surface area contributed by atoms with Crippen LogP contribution in [0.2, 0.25) is 0 Å². The maximum absolute atomic E-state index is 11.8.